The molecule has 2 N–H and O–H groups in total. The predicted octanol–water partition coefficient (Wildman–Crippen LogP) is 2.65. The second-order valence-corrected chi connectivity index (χ2v) is 5.92. The molecule has 1 aromatic rings. The fourth-order valence-electron chi connectivity index (χ4n) is 2.88. The molecule has 5 heteroatoms. The van der Waals surface area contributed by atoms with Crippen molar-refractivity contribution in [1.29, 1.82) is 0 Å². The number of anilines is 2. The highest BCUT2D eigenvalue weighted by atomic mass is 79.9. The normalized spacial score (nSPS) is 21.7. The van der Waals surface area contributed by atoms with Crippen LogP contribution in [0.1, 0.15) is 31.4 Å². The highest BCUT2D eigenvalue weighted by Gasteiger charge is 2.31. The van der Waals surface area contributed by atoms with Crippen LogP contribution in [0.4, 0.5) is 11.4 Å². The smallest absolute Gasteiger partial charge is 0.246 e. The number of carbonyl (C=O) groups excluding carboxylic acids is 1. The molecule has 0 aliphatic carbocycles. The summed E-state index contributed by atoms with van der Waals surface area (Å²) in [5.41, 5.74) is 3.18. The van der Waals surface area contributed by atoms with Crippen LogP contribution in [0.5, 0.6) is 0 Å². The number of nitrogens with zero attached hydrogens (tertiary/aromatic N) is 1. The molecule has 1 atom stereocenters. The van der Waals surface area contributed by atoms with E-state index in [0.717, 1.165) is 35.4 Å². The van der Waals surface area contributed by atoms with Crippen molar-refractivity contribution in [2.75, 3.05) is 29.9 Å². The maximum absolute atomic E-state index is 12.0. The molecule has 4 nitrogen and oxygen atoms in total. The summed E-state index contributed by atoms with van der Waals surface area (Å²) in [6, 6.07) is 3.96. The molecular weight excluding hydrogens is 306 g/mol. The molecular formula is C14H18BrN3O. The van der Waals surface area contributed by atoms with Crippen molar-refractivity contribution in [1.82, 2.24) is 5.32 Å². The first-order chi connectivity index (χ1) is 9.20. The topological polar surface area (TPSA) is 44.4 Å². The lowest BCUT2D eigenvalue weighted by atomic mass is 10.1. The molecule has 19 heavy (non-hydrogen) atoms. The van der Waals surface area contributed by atoms with Gasteiger partial charge >= 0.3 is 0 Å². The number of hydrogen-bond acceptors (Lipinski definition) is 3. The van der Waals surface area contributed by atoms with E-state index in [4.69, 9.17) is 0 Å². The first-order valence-corrected chi connectivity index (χ1v) is 7.62. The van der Waals surface area contributed by atoms with Crippen molar-refractivity contribution in [2.24, 2.45) is 0 Å². The summed E-state index contributed by atoms with van der Waals surface area (Å²) in [5, 5.41) is 6.19. The van der Waals surface area contributed by atoms with E-state index in [1.54, 1.807) is 0 Å². The van der Waals surface area contributed by atoms with Crippen LogP contribution in [0.25, 0.3) is 0 Å². The average Bonchev–Trinajstić information content (AvgIpc) is 2.99. The number of carbonyl (C=O) groups is 1. The number of hydrogen-bond donors (Lipinski definition) is 2. The third-order valence-electron chi connectivity index (χ3n) is 3.81. The molecule has 0 saturated carbocycles. The van der Waals surface area contributed by atoms with Crippen LogP contribution in [0.2, 0.25) is 0 Å². The molecule has 2 heterocycles. The van der Waals surface area contributed by atoms with Gasteiger partial charge in [0.05, 0.1) is 5.69 Å². The summed E-state index contributed by atoms with van der Waals surface area (Å²) in [6.07, 6.45) is 2.49. The van der Waals surface area contributed by atoms with Crippen LogP contribution < -0.4 is 15.5 Å². The van der Waals surface area contributed by atoms with Gasteiger partial charge in [-0.3, -0.25) is 4.79 Å². The van der Waals surface area contributed by atoms with E-state index < -0.39 is 0 Å². The first kappa shape index (κ1) is 12.9. The van der Waals surface area contributed by atoms with E-state index in [1.165, 1.54) is 18.5 Å². The van der Waals surface area contributed by atoms with Crippen LogP contribution in [0.3, 0.4) is 0 Å². The molecule has 1 fully saturated rings. The molecule has 2 aliphatic heterocycles. The zero-order valence-electron chi connectivity index (χ0n) is 11.0. The highest BCUT2D eigenvalue weighted by Crippen LogP contribution is 2.39. The lowest BCUT2D eigenvalue weighted by Crippen LogP contribution is -2.27. The van der Waals surface area contributed by atoms with Crippen LogP contribution >= 0.6 is 15.9 Å². The van der Waals surface area contributed by atoms with Gasteiger partial charge < -0.3 is 15.5 Å². The zero-order chi connectivity index (χ0) is 13.4. The maximum Gasteiger partial charge on any atom is 0.246 e. The van der Waals surface area contributed by atoms with Gasteiger partial charge in [-0.15, -0.1) is 0 Å². The van der Waals surface area contributed by atoms with Crippen molar-refractivity contribution >= 4 is 33.2 Å². The Kier molecular flexibility index (Phi) is 3.50. The molecule has 0 aromatic heterocycles. The van der Waals surface area contributed by atoms with Crippen molar-refractivity contribution in [3.63, 3.8) is 0 Å². The van der Waals surface area contributed by atoms with Crippen LogP contribution in [-0.4, -0.2) is 25.5 Å². The minimum absolute atomic E-state index is 0.0438. The highest BCUT2D eigenvalue weighted by molar-refractivity contribution is 9.10. The molecule has 1 saturated heterocycles. The van der Waals surface area contributed by atoms with Gasteiger partial charge in [0.15, 0.2) is 0 Å². The molecule has 1 unspecified atom stereocenters. The van der Waals surface area contributed by atoms with E-state index in [2.05, 4.69) is 43.6 Å². The van der Waals surface area contributed by atoms with Crippen molar-refractivity contribution < 1.29 is 4.79 Å². The third-order valence-corrected chi connectivity index (χ3v) is 4.44. The molecule has 3 rings (SSSR count). The van der Waals surface area contributed by atoms with Gasteiger partial charge in [0, 0.05) is 28.8 Å². The Morgan fingerprint density at radius 1 is 1.42 bits per heavy atom. The van der Waals surface area contributed by atoms with Gasteiger partial charge in [-0.25, -0.2) is 0 Å². The number of benzene rings is 1. The molecule has 0 radical (unpaired) electrons. The largest absolute Gasteiger partial charge is 0.371 e. The quantitative estimate of drug-likeness (QED) is 0.898. The molecule has 2 aliphatic rings. The summed E-state index contributed by atoms with van der Waals surface area (Å²) in [7, 11) is 0. The van der Waals surface area contributed by atoms with Crippen LogP contribution in [-0.2, 0) is 4.79 Å². The van der Waals surface area contributed by atoms with Gasteiger partial charge in [0.25, 0.3) is 0 Å². The van der Waals surface area contributed by atoms with E-state index >= 15 is 0 Å². The minimum atomic E-state index is -0.219. The molecule has 1 aromatic carbocycles. The van der Waals surface area contributed by atoms with Crippen LogP contribution in [0, 0.1) is 0 Å². The predicted molar refractivity (Wildman–Crippen MR) is 80.6 cm³/mol. The number of fused-ring (bicyclic) bond motifs is 1. The number of halogens is 1. The Labute approximate surface area is 121 Å². The van der Waals surface area contributed by atoms with E-state index in [0.29, 0.717) is 0 Å². The Bertz CT molecular complexity index is 512. The van der Waals surface area contributed by atoms with Gasteiger partial charge in [-0.2, -0.15) is 0 Å². The molecule has 1 amide bonds. The maximum atomic E-state index is 12.0. The standard InChI is InChI=1S/C14H18BrN3O/c1-2-16-13-9-7-10(15)12(18-5-3-4-6-18)8-11(9)17-14(13)19/h7-8,13,16H,2-6H2,1H3,(H,17,19). The number of rotatable bonds is 3. The Morgan fingerprint density at radius 2 is 2.16 bits per heavy atom. The number of amides is 1. The summed E-state index contributed by atoms with van der Waals surface area (Å²) >= 11 is 3.65. The molecule has 0 spiro atoms. The fraction of sp³-hybridized carbons (Fsp3) is 0.500. The van der Waals surface area contributed by atoms with Gasteiger partial charge in [-0.1, -0.05) is 6.92 Å². The average molecular weight is 324 g/mol. The van der Waals surface area contributed by atoms with Crippen molar-refractivity contribution in [3.8, 4) is 0 Å². The Hall–Kier alpha value is -1.07. The number of likely N-dealkylation sites (N-methyl/N-ethyl adjacent to an activating group) is 1. The molecule has 102 valence electrons. The monoisotopic (exact) mass is 323 g/mol. The lowest BCUT2D eigenvalue weighted by Gasteiger charge is -2.20. The molecule has 0 bridgehead atoms. The van der Waals surface area contributed by atoms with E-state index in [9.17, 15) is 4.79 Å². The summed E-state index contributed by atoms with van der Waals surface area (Å²) in [4.78, 5) is 14.3. The first-order valence-electron chi connectivity index (χ1n) is 6.83. The second kappa shape index (κ2) is 5.13. The zero-order valence-corrected chi connectivity index (χ0v) is 12.6. The minimum Gasteiger partial charge on any atom is -0.371 e. The van der Waals surface area contributed by atoms with Gasteiger partial charge in [0.1, 0.15) is 6.04 Å². The van der Waals surface area contributed by atoms with E-state index in [1.807, 2.05) is 6.92 Å². The third kappa shape index (κ3) is 2.25. The van der Waals surface area contributed by atoms with Crippen molar-refractivity contribution in [3.05, 3.63) is 22.2 Å². The SMILES string of the molecule is CCNC1C(=O)Nc2cc(N3CCCC3)c(Br)cc21. The fourth-order valence-corrected chi connectivity index (χ4v) is 3.49. The second-order valence-electron chi connectivity index (χ2n) is 5.06. The van der Waals surface area contributed by atoms with Gasteiger partial charge in [0.2, 0.25) is 5.91 Å². The lowest BCUT2D eigenvalue weighted by molar-refractivity contribution is -0.117. The summed E-state index contributed by atoms with van der Waals surface area (Å²) < 4.78 is 1.08. The van der Waals surface area contributed by atoms with Crippen molar-refractivity contribution in [2.45, 2.75) is 25.8 Å². The van der Waals surface area contributed by atoms with Gasteiger partial charge in [-0.05, 0) is 47.4 Å². The van der Waals surface area contributed by atoms with E-state index in [-0.39, 0.29) is 11.9 Å². The van der Waals surface area contributed by atoms with Crippen LogP contribution in [0.15, 0.2) is 16.6 Å². The Morgan fingerprint density at radius 3 is 2.84 bits per heavy atom. The summed E-state index contributed by atoms with van der Waals surface area (Å²) in [5.74, 6) is 0.0438. The Balaban J connectivity index is 1.96. The number of nitrogens with one attached hydrogen (secondary N) is 2. The summed E-state index contributed by atoms with van der Waals surface area (Å²) in [6.45, 7) is 4.99.